The van der Waals surface area contributed by atoms with E-state index < -0.39 is 0 Å². The average Bonchev–Trinajstić information content (AvgIpc) is 3.71. The van der Waals surface area contributed by atoms with Crippen LogP contribution < -0.4 is 0 Å². The monoisotopic (exact) mass is 556 g/mol. The van der Waals surface area contributed by atoms with Crippen molar-refractivity contribution in [2.45, 2.75) is 0 Å². The van der Waals surface area contributed by atoms with Gasteiger partial charge in [-0.2, -0.15) is 0 Å². The lowest BCUT2D eigenvalue weighted by atomic mass is 10.1. The summed E-state index contributed by atoms with van der Waals surface area (Å²) < 4.78 is 8.22. The van der Waals surface area contributed by atoms with Crippen molar-refractivity contribution in [3.63, 3.8) is 0 Å². The van der Waals surface area contributed by atoms with Crippen LogP contribution in [0, 0.1) is 0 Å². The van der Waals surface area contributed by atoms with E-state index in [-0.39, 0.29) is 0 Å². The largest absolute Gasteiger partial charge is 0.136 e. The Hall–Kier alpha value is -3.54. The molecule has 8 rings (SSSR count). The van der Waals surface area contributed by atoms with E-state index in [0.29, 0.717) is 0 Å². The third-order valence-corrected chi connectivity index (χ3v) is 11.6. The summed E-state index contributed by atoms with van der Waals surface area (Å²) in [7, 11) is 0. The summed E-state index contributed by atoms with van der Waals surface area (Å²) >= 11 is 7.53. The van der Waals surface area contributed by atoms with Crippen LogP contribution in [0.5, 0.6) is 0 Å². The van der Waals surface area contributed by atoms with Crippen LogP contribution in [-0.2, 0) is 0 Å². The van der Waals surface area contributed by atoms with Gasteiger partial charge in [0.25, 0.3) is 0 Å². The Kier molecular flexibility index (Phi) is 5.34. The van der Waals surface area contributed by atoms with E-state index in [1.54, 1.807) is 0 Å². The summed E-state index contributed by atoms with van der Waals surface area (Å²) in [5.41, 5.74) is 2.50. The zero-order chi connectivity index (χ0) is 25.1. The van der Waals surface area contributed by atoms with Crippen molar-refractivity contribution in [2.75, 3.05) is 0 Å². The molecule has 8 aromatic rings. The lowest BCUT2D eigenvalue weighted by Crippen LogP contribution is -1.71. The summed E-state index contributed by atoms with van der Waals surface area (Å²) in [5.74, 6) is 0. The van der Waals surface area contributed by atoms with Gasteiger partial charge in [0, 0.05) is 39.3 Å². The average molecular weight is 557 g/mol. The van der Waals surface area contributed by atoms with E-state index in [0.717, 1.165) is 0 Å². The van der Waals surface area contributed by atoms with Crippen molar-refractivity contribution in [3.05, 3.63) is 118 Å². The predicted molar refractivity (Wildman–Crippen MR) is 176 cm³/mol. The van der Waals surface area contributed by atoms with Gasteiger partial charge in [0.05, 0.1) is 9.40 Å². The molecular formula is C34H20S4. The van der Waals surface area contributed by atoms with E-state index in [4.69, 9.17) is 0 Å². The van der Waals surface area contributed by atoms with E-state index in [9.17, 15) is 0 Å². The molecule has 0 N–H and O–H groups in total. The quantitative estimate of drug-likeness (QED) is 0.202. The highest BCUT2D eigenvalue weighted by atomic mass is 32.1. The molecule has 0 saturated carbocycles. The highest BCUT2D eigenvalue weighted by molar-refractivity contribution is 7.36. The maximum Gasteiger partial charge on any atom is 0.0542 e. The van der Waals surface area contributed by atoms with E-state index in [1.165, 1.54) is 70.6 Å². The van der Waals surface area contributed by atoms with Gasteiger partial charge in [-0.25, -0.2) is 0 Å². The first-order chi connectivity index (χ1) is 18.8. The predicted octanol–water partition coefficient (Wildman–Crippen LogP) is 12.0. The Morgan fingerprint density at radius 1 is 0.395 bits per heavy atom. The minimum atomic E-state index is 1.25. The van der Waals surface area contributed by atoms with Gasteiger partial charge in [0.15, 0.2) is 0 Å². The second-order valence-corrected chi connectivity index (χ2v) is 13.7. The van der Waals surface area contributed by atoms with Crippen molar-refractivity contribution >= 4 is 119 Å². The fraction of sp³-hybridized carbons (Fsp3) is 0. The molecule has 0 spiro atoms. The van der Waals surface area contributed by atoms with Gasteiger partial charge < -0.3 is 0 Å². The normalized spacial score (nSPS) is 12.5. The number of benzene rings is 4. The lowest BCUT2D eigenvalue weighted by Gasteiger charge is -1.96. The fourth-order valence-electron chi connectivity index (χ4n) is 5.02. The van der Waals surface area contributed by atoms with Gasteiger partial charge in [-0.15, -0.1) is 45.3 Å². The highest BCUT2D eigenvalue weighted by Gasteiger charge is 2.12. The van der Waals surface area contributed by atoms with Gasteiger partial charge in [-0.1, -0.05) is 72.8 Å². The van der Waals surface area contributed by atoms with Crippen LogP contribution in [0.4, 0.5) is 0 Å². The van der Waals surface area contributed by atoms with Crippen LogP contribution in [0.1, 0.15) is 20.9 Å². The van der Waals surface area contributed by atoms with Gasteiger partial charge in [0.1, 0.15) is 0 Å². The second-order valence-electron chi connectivity index (χ2n) is 9.41. The summed E-state index contributed by atoms with van der Waals surface area (Å²) in [6.45, 7) is 0. The molecule has 0 atom stereocenters. The molecule has 180 valence electrons. The molecule has 4 heteroatoms. The topological polar surface area (TPSA) is 0 Å². The number of rotatable bonds is 4. The molecule has 0 fully saturated rings. The molecule has 0 saturated heterocycles. The van der Waals surface area contributed by atoms with E-state index in [2.05, 4.69) is 121 Å². The Bertz CT molecular complexity index is 1970. The molecule has 4 heterocycles. The Morgan fingerprint density at radius 2 is 0.868 bits per heavy atom. The molecule has 38 heavy (non-hydrogen) atoms. The molecule has 4 aromatic carbocycles. The Labute approximate surface area is 236 Å². The van der Waals surface area contributed by atoms with Crippen LogP contribution in [0.2, 0.25) is 0 Å². The second kappa shape index (κ2) is 9.04. The first-order valence-electron chi connectivity index (χ1n) is 12.5. The number of thiophene rings is 4. The third kappa shape index (κ3) is 3.93. The summed E-state index contributed by atoms with van der Waals surface area (Å²) in [6, 6.07) is 35.5. The van der Waals surface area contributed by atoms with Crippen molar-refractivity contribution in [3.8, 4) is 0 Å². The Balaban J connectivity index is 1.10. The first kappa shape index (κ1) is 22.4. The molecule has 0 aliphatic carbocycles. The lowest BCUT2D eigenvalue weighted by molar-refractivity contribution is 1.78. The number of hydrogen-bond donors (Lipinski definition) is 0. The van der Waals surface area contributed by atoms with Crippen molar-refractivity contribution < 1.29 is 0 Å². The van der Waals surface area contributed by atoms with Gasteiger partial charge >= 0.3 is 0 Å². The third-order valence-electron chi connectivity index (χ3n) is 6.90. The molecular weight excluding hydrogens is 537 g/mol. The number of hydrogen-bond acceptors (Lipinski definition) is 4. The van der Waals surface area contributed by atoms with Gasteiger partial charge in [-0.05, 0) is 70.4 Å². The summed E-state index contributed by atoms with van der Waals surface area (Å²) in [4.78, 5) is 2.59. The van der Waals surface area contributed by atoms with Crippen molar-refractivity contribution in [1.82, 2.24) is 0 Å². The molecule has 0 nitrogen and oxygen atoms in total. The SMILES string of the molecule is C(=Cc1cc2ccccc2s1)c1ccc2c(c1)sc1c3ccc(C=Cc4cc5ccccc5s4)cc3sc21. The zero-order valence-electron chi connectivity index (χ0n) is 20.2. The van der Waals surface area contributed by atoms with E-state index >= 15 is 0 Å². The first-order valence-corrected chi connectivity index (χ1v) is 15.8. The molecule has 0 aliphatic rings. The minimum absolute atomic E-state index is 1.25. The smallest absolute Gasteiger partial charge is 0.0542 e. The fourth-order valence-corrected chi connectivity index (χ4v) is 9.71. The molecule has 0 bridgehead atoms. The number of fused-ring (bicyclic) bond motifs is 7. The van der Waals surface area contributed by atoms with Crippen LogP contribution in [0.3, 0.4) is 0 Å². The van der Waals surface area contributed by atoms with E-state index in [1.807, 2.05) is 45.3 Å². The van der Waals surface area contributed by atoms with Crippen LogP contribution in [0.15, 0.2) is 97.1 Å². The van der Waals surface area contributed by atoms with Crippen molar-refractivity contribution in [1.29, 1.82) is 0 Å². The zero-order valence-corrected chi connectivity index (χ0v) is 23.4. The van der Waals surface area contributed by atoms with Crippen LogP contribution in [-0.4, -0.2) is 0 Å². The maximum atomic E-state index is 2.34. The molecule has 0 aliphatic heterocycles. The molecule has 0 radical (unpaired) electrons. The molecule has 0 amide bonds. The van der Waals surface area contributed by atoms with Gasteiger partial charge in [-0.3, -0.25) is 0 Å². The highest BCUT2D eigenvalue weighted by Crippen LogP contribution is 2.45. The van der Waals surface area contributed by atoms with Crippen LogP contribution >= 0.6 is 45.3 Å². The standard InChI is InChI=1S/C34H20S4/c1-3-7-29-23(5-1)19-25(35-29)13-9-21-11-15-27-31(17-21)37-34-28-16-12-22(18-32(28)38-33(27)34)10-14-26-20-24-6-2-4-8-30(24)36-26/h1-20H. The Morgan fingerprint density at radius 3 is 1.34 bits per heavy atom. The van der Waals surface area contributed by atoms with Crippen LogP contribution in [0.25, 0.3) is 74.0 Å². The minimum Gasteiger partial charge on any atom is -0.136 e. The maximum absolute atomic E-state index is 2.34. The van der Waals surface area contributed by atoms with Gasteiger partial charge in [0.2, 0.25) is 0 Å². The van der Waals surface area contributed by atoms with Crippen molar-refractivity contribution in [2.24, 2.45) is 0 Å². The molecule has 0 unspecified atom stereocenters. The summed E-state index contributed by atoms with van der Waals surface area (Å²) in [6.07, 6.45) is 8.96. The summed E-state index contributed by atoms with van der Waals surface area (Å²) in [5, 5.41) is 5.37. The molecule has 4 aromatic heterocycles.